The molecular formula is C15H15ClF5NO5. The van der Waals surface area contributed by atoms with Crippen molar-refractivity contribution >= 4 is 29.6 Å². The molecule has 0 radical (unpaired) electrons. The van der Waals surface area contributed by atoms with E-state index in [0.29, 0.717) is 11.1 Å². The van der Waals surface area contributed by atoms with E-state index in [4.69, 9.17) is 27.2 Å². The molecular weight excluding hydrogens is 405 g/mol. The summed E-state index contributed by atoms with van der Waals surface area (Å²) in [5, 5.41) is 7.15. The number of rotatable bonds is 5. The van der Waals surface area contributed by atoms with E-state index in [9.17, 15) is 26.7 Å². The van der Waals surface area contributed by atoms with Gasteiger partial charge < -0.3 is 20.3 Å². The summed E-state index contributed by atoms with van der Waals surface area (Å²) in [6, 6.07) is 2.97. The van der Waals surface area contributed by atoms with Gasteiger partial charge in [-0.05, 0) is 36.3 Å². The first kappa shape index (κ1) is 24.6. The summed E-state index contributed by atoms with van der Waals surface area (Å²) in [5.74, 6) is -3.41. The molecule has 0 saturated carbocycles. The maximum Gasteiger partial charge on any atom is 0.490 e. The number of esters is 1. The molecule has 0 aromatic heterocycles. The Morgan fingerprint density at radius 2 is 1.85 bits per heavy atom. The number of aryl methyl sites for hydroxylation is 1. The molecule has 0 amide bonds. The Labute approximate surface area is 155 Å². The Kier molecular flexibility index (Phi) is 9.73. The normalized spacial score (nSPS) is 11.6. The van der Waals surface area contributed by atoms with E-state index in [1.165, 1.54) is 19.3 Å². The quantitative estimate of drug-likeness (QED) is 0.431. The van der Waals surface area contributed by atoms with Crippen molar-refractivity contribution in [1.82, 2.24) is 0 Å². The van der Waals surface area contributed by atoms with Crippen LogP contribution in [0.2, 0.25) is 5.02 Å². The van der Waals surface area contributed by atoms with Crippen molar-refractivity contribution in [2.45, 2.75) is 19.7 Å². The van der Waals surface area contributed by atoms with E-state index >= 15 is 0 Å². The lowest BCUT2D eigenvalue weighted by molar-refractivity contribution is -0.192. The highest BCUT2D eigenvalue weighted by atomic mass is 35.5. The largest absolute Gasteiger partial charge is 0.490 e. The molecule has 3 N–H and O–H groups in total. The fourth-order valence-electron chi connectivity index (χ4n) is 1.61. The van der Waals surface area contributed by atoms with Crippen molar-refractivity contribution in [2.24, 2.45) is 5.73 Å². The number of benzene rings is 1. The van der Waals surface area contributed by atoms with E-state index in [2.05, 4.69) is 9.47 Å². The first-order chi connectivity index (χ1) is 12.3. The average Bonchev–Trinajstić information content (AvgIpc) is 2.54. The fourth-order valence-corrected chi connectivity index (χ4v) is 1.93. The predicted molar refractivity (Wildman–Crippen MR) is 85.6 cm³/mol. The van der Waals surface area contributed by atoms with Crippen LogP contribution in [0.5, 0.6) is 5.75 Å². The Morgan fingerprint density at radius 1 is 1.33 bits per heavy atom. The van der Waals surface area contributed by atoms with Gasteiger partial charge in [-0.2, -0.15) is 22.0 Å². The highest BCUT2D eigenvalue weighted by Crippen LogP contribution is 2.32. The van der Waals surface area contributed by atoms with Crippen LogP contribution < -0.4 is 10.5 Å². The van der Waals surface area contributed by atoms with Gasteiger partial charge in [0.2, 0.25) is 0 Å². The second kappa shape index (κ2) is 10.7. The van der Waals surface area contributed by atoms with E-state index in [-0.39, 0.29) is 22.9 Å². The first-order valence-corrected chi connectivity index (χ1v) is 7.25. The highest BCUT2D eigenvalue weighted by molar-refractivity contribution is 6.32. The molecule has 0 aliphatic rings. The topological polar surface area (TPSA) is 98.9 Å². The molecule has 1 aromatic rings. The van der Waals surface area contributed by atoms with Gasteiger partial charge in [0.05, 0.1) is 17.7 Å². The number of hydrogen-bond acceptors (Lipinski definition) is 5. The summed E-state index contributed by atoms with van der Waals surface area (Å²) in [5.41, 5.74) is 6.65. The minimum Gasteiger partial charge on any atom is -0.475 e. The van der Waals surface area contributed by atoms with Gasteiger partial charge in [-0.3, -0.25) is 0 Å². The van der Waals surface area contributed by atoms with E-state index in [1.54, 1.807) is 13.0 Å². The maximum atomic E-state index is 12.2. The van der Waals surface area contributed by atoms with Crippen LogP contribution in [0.25, 0.3) is 6.08 Å². The minimum absolute atomic E-state index is 0.0153. The van der Waals surface area contributed by atoms with Gasteiger partial charge in [-0.1, -0.05) is 11.6 Å². The van der Waals surface area contributed by atoms with Crippen LogP contribution >= 0.6 is 11.6 Å². The van der Waals surface area contributed by atoms with Crippen molar-refractivity contribution < 1.29 is 46.1 Å². The zero-order chi connectivity index (χ0) is 21.4. The molecule has 0 bridgehead atoms. The number of carboxylic acid groups (broad SMARTS) is 1. The number of carbonyl (C=O) groups excluding carboxylic acids is 1. The number of methoxy groups -OCH3 is 1. The summed E-state index contributed by atoms with van der Waals surface area (Å²) >= 11 is 5.88. The number of halogens is 6. The number of carbonyl (C=O) groups is 2. The molecule has 0 fully saturated rings. The number of ether oxygens (including phenoxy) is 2. The molecule has 1 aromatic carbocycles. The van der Waals surface area contributed by atoms with Gasteiger partial charge in [0.1, 0.15) is 5.75 Å². The van der Waals surface area contributed by atoms with E-state index < -0.39 is 24.7 Å². The molecule has 12 heteroatoms. The van der Waals surface area contributed by atoms with Crippen molar-refractivity contribution in [3.8, 4) is 5.75 Å². The van der Waals surface area contributed by atoms with Crippen molar-refractivity contribution in [3.05, 3.63) is 33.9 Å². The second-order valence-corrected chi connectivity index (χ2v) is 5.10. The maximum absolute atomic E-state index is 12.2. The lowest BCUT2D eigenvalue weighted by atomic mass is 10.1. The van der Waals surface area contributed by atoms with Gasteiger partial charge >= 0.3 is 24.7 Å². The molecule has 6 nitrogen and oxygen atoms in total. The number of carboxylic acids is 1. The van der Waals surface area contributed by atoms with Gasteiger partial charge in [-0.15, -0.1) is 0 Å². The SMILES string of the molecule is COC(=O)/C(=C/c1cc(C)c(OC(F)F)c(Cl)c1)CN.O=C(O)C(F)(F)F. The number of hydrogen-bond donors (Lipinski definition) is 2. The van der Waals surface area contributed by atoms with Gasteiger partial charge in [-0.25, -0.2) is 9.59 Å². The number of nitrogens with two attached hydrogens (primary N) is 1. The molecule has 152 valence electrons. The van der Waals surface area contributed by atoms with Crippen LogP contribution in [-0.2, 0) is 14.3 Å². The molecule has 0 saturated heterocycles. The van der Waals surface area contributed by atoms with E-state index in [0.717, 1.165) is 0 Å². The van der Waals surface area contributed by atoms with Crippen LogP contribution in [0, 0.1) is 6.92 Å². The summed E-state index contributed by atoms with van der Waals surface area (Å²) in [7, 11) is 1.24. The van der Waals surface area contributed by atoms with Crippen LogP contribution in [0.1, 0.15) is 11.1 Å². The van der Waals surface area contributed by atoms with E-state index in [1.807, 2.05) is 0 Å². The molecule has 0 atom stereocenters. The Bertz CT molecular complexity index is 683. The zero-order valence-corrected chi connectivity index (χ0v) is 14.7. The smallest absolute Gasteiger partial charge is 0.475 e. The first-order valence-electron chi connectivity index (χ1n) is 6.87. The monoisotopic (exact) mass is 419 g/mol. The molecule has 0 spiro atoms. The summed E-state index contributed by atoms with van der Waals surface area (Å²) in [6.07, 6.45) is -3.60. The van der Waals surface area contributed by atoms with Crippen molar-refractivity contribution in [3.63, 3.8) is 0 Å². The fraction of sp³-hybridized carbons (Fsp3) is 0.333. The summed E-state index contributed by atoms with van der Waals surface area (Å²) < 4.78 is 65.1. The van der Waals surface area contributed by atoms with Crippen LogP contribution in [-0.4, -0.2) is 43.5 Å². The van der Waals surface area contributed by atoms with Crippen molar-refractivity contribution in [2.75, 3.05) is 13.7 Å². The highest BCUT2D eigenvalue weighted by Gasteiger charge is 2.38. The molecule has 0 aliphatic heterocycles. The second-order valence-electron chi connectivity index (χ2n) is 4.70. The minimum atomic E-state index is -5.08. The zero-order valence-electron chi connectivity index (χ0n) is 13.9. The summed E-state index contributed by atoms with van der Waals surface area (Å²) in [4.78, 5) is 20.3. The third-order valence-electron chi connectivity index (χ3n) is 2.71. The number of alkyl halides is 5. The van der Waals surface area contributed by atoms with Crippen LogP contribution in [0.15, 0.2) is 17.7 Å². The predicted octanol–water partition coefficient (Wildman–Crippen LogP) is 3.40. The lowest BCUT2D eigenvalue weighted by Gasteiger charge is -2.11. The Morgan fingerprint density at radius 3 is 2.19 bits per heavy atom. The third kappa shape index (κ3) is 8.69. The molecule has 0 unspecified atom stereocenters. The average molecular weight is 420 g/mol. The molecule has 27 heavy (non-hydrogen) atoms. The van der Waals surface area contributed by atoms with Crippen molar-refractivity contribution in [1.29, 1.82) is 0 Å². The van der Waals surface area contributed by atoms with Crippen LogP contribution in [0.4, 0.5) is 22.0 Å². The lowest BCUT2D eigenvalue weighted by Crippen LogP contribution is -2.21. The third-order valence-corrected chi connectivity index (χ3v) is 2.99. The summed E-state index contributed by atoms with van der Waals surface area (Å²) in [6.45, 7) is -1.40. The molecule has 0 heterocycles. The Hall–Kier alpha value is -2.40. The number of aliphatic carboxylic acids is 1. The van der Waals surface area contributed by atoms with Gasteiger partial charge in [0.25, 0.3) is 0 Å². The Balaban J connectivity index is 0.000000821. The molecule has 0 aliphatic carbocycles. The molecule has 1 rings (SSSR count). The van der Waals surface area contributed by atoms with Gasteiger partial charge in [0.15, 0.2) is 0 Å². The standard InChI is InChI=1S/C13H14ClF2NO3.C2HF3O2/c1-7-3-8(4-9(6-17)12(18)19-2)5-10(14)11(7)20-13(15)16;3-2(4,5)1(6)7/h3-5,13H,6,17H2,1-2H3;(H,6,7)/b9-4+;. The van der Waals surface area contributed by atoms with Gasteiger partial charge in [0, 0.05) is 6.54 Å². The van der Waals surface area contributed by atoms with Crippen LogP contribution in [0.3, 0.4) is 0 Å².